The van der Waals surface area contributed by atoms with E-state index in [0.717, 1.165) is 9.13 Å². The first kappa shape index (κ1) is 11.5. The van der Waals surface area contributed by atoms with E-state index in [1.54, 1.807) is 25.5 Å². The summed E-state index contributed by atoms with van der Waals surface area (Å²) in [6, 6.07) is 7.72. The summed E-state index contributed by atoms with van der Waals surface area (Å²) in [7, 11) is 0. The molecule has 0 radical (unpaired) electrons. The Hall–Kier alpha value is -1.01. The molecule has 2 aromatic rings. The Morgan fingerprint density at radius 3 is 2.44 bits per heavy atom. The van der Waals surface area contributed by atoms with Crippen molar-refractivity contribution in [1.82, 2.24) is 9.97 Å². The highest BCUT2D eigenvalue weighted by Crippen LogP contribution is 2.27. The van der Waals surface area contributed by atoms with Crippen LogP contribution >= 0.6 is 22.6 Å². The summed E-state index contributed by atoms with van der Waals surface area (Å²) in [5, 5.41) is 10.4. The van der Waals surface area contributed by atoms with Gasteiger partial charge in [-0.25, -0.2) is 0 Å². The summed E-state index contributed by atoms with van der Waals surface area (Å²) < 4.78 is 1.14. The number of aromatic nitrogens is 2. The molecule has 4 heteroatoms. The van der Waals surface area contributed by atoms with Crippen LogP contribution in [0, 0.1) is 3.57 Å². The fourth-order valence-corrected chi connectivity index (χ4v) is 1.83. The monoisotopic (exact) mass is 326 g/mol. The molecule has 0 spiro atoms. The summed E-state index contributed by atoms with van der Waals surface area (Å²) in [6.45, 7) is 1.72. The molecule has 0 saturated carbocycles. The molecule has 2 rings (SSSR count). The van der Waals surface area contributed by atoms with Crippen LogP contribution < -0.4 is 0 Å². The van der Waals surface area contributed by atoms with Crippen molar-refractivity contribution in [2.24, 2.45) is 0 Å². The van der Waals surface area contributed by atoms with Crippen LogP contribution in [0.1, 0.15) is 18.2 Å². The third kappa shape index (κ3) is 2.22. The Morgan fingerprint density at radius 2 is 1.88 bits per heavy atom. The summed E-state index contributed by atoms with van der Waals surface area (Å²) in [5.41, 5.74) is 0.267. The highest BCUT2D eigenvalue weighted by Gasteiger charge is 2.27. The van der Waals surface area contributed by atoms with Gasteiger partial charge in [0.15, 0.2) is 0 Å². The Kier molecular flexibility index (Phi) is 3.20. The van der Waals surface area contributed by atoms with Gasteiger partial charge in [-0.1, -0.05) is 12.1 Å². The van der Waals surface area contributed by atoms with E-state index in [-0.39, 0.29) is 0 Å². The fourth-order valence-electron chi connectivity index (χ4n) is 1.47. The predicted octanol–water partition coefficient (Wildman–Crippen LogP) is 2.34. The van der Waals surface area contributed by atoms with Gasteiger partial charge in [0.05, 0.1) is 11.9 Å². The average molecular weight is 326 g/mol. The minimum absolute atomic E-state index is 0.552. The van der Waals surface area contributed by atoms with E-state index < -0.39 is 5.60 Å². The number of hydrogen-bond donors (Lipinski definition) is 1. The van der Waals surface area contributed by atoms with E-state index in [1.807, 2.05) is 24.3 Å². The van der Waals surface area contributed by atoms with E-state index in [0.29, 0.717) is 5.69 Å². The highest BCUT2D eigenvalue weighted by atomic mass is 127. The van der Waals surface area contributed by atoms with Crippen LogP contribution in [0.2, 0.25) is 0 Å². The zero-order valence-electron chi connectivity index (χ0n) is 8.76. The van der Waals surface area contributed by atoms with Crippen LogP contribution in [0.3, 0.4) is 0 Å². The van der Waals surface area contributed by atoms with Gasteiger partial charge >= 0.3 is 0 Å². The third-order valence-corrected chi connectivity index (χ3v) is 3.19. The second-order valence-corrected chi connectivity index (χ2v) is 4.92. The van der Waals surface area contributed by atoms with Crippen molar-refractivity contribution in [3.63, 3.8) is 0 Å². The molecule has 0 aliphatic carbocycles. The lowest BCUT2D eigenvalue weighted by molar-refractivity contribution is 0.0969. The molecule has 0 bridgehead atoms. The topological polar surface area (TPSA) is 46.0 Å². The quantitative estimate of drug-likeness (QED) is 0.862. The smallest absolute Gasteiger partial charge is 0.130 e. The largest absolute Gasteiger partial charge is 0.379 e. The van der Waals surface area contributed by atoms with Gasteiger partial charge in [-0.05, 0) is 47.2 Å². The van der Waals surface area contributed by atoms with Gasteiger partial charge in [0.1, 0.15) is 5.60 Å². The van der Waals surface area contributed by atoms with Crippen LogP contribution in [0.25, 0.3) is 0 Å². The number of hydrogen-bond acceptors (Lipinski definition) is 3. The molecule has 1 aromatic heterocycles. The number of benzene rings is 1. The second kappa shape index (κ2) is 4.47. The van der Waals surface area contributed by atoms with E-state index in [1.165, 1.54) is 0 Å². The molecule has 1 unspecified atom stereocenters. The molecule has 1 aromatic carbocycles. The van der Waals surface area contributed by atoms with Crippen molar-refractivity contribution in [2.45, 2.75) is 12.5 Å². The maximum atomic E-state index is 10.4. The van der Waals surface area contributed by atoms with E-state index >= 15 is 0 Å². The molecule has 16 heavy (non-hydrogen) atoms. The standard InChI is InChI=1S/C12H11IN2O/c1-12(16,11-8-14-6-7-15-11)9-2-4-10(13)5-3-9/h2-8,16H,1H3. The molecular weight excluding hydrogens is 315 g/mol. The minimum Gasteiger partial charge on any atom is -0.379 e. The number of aliphatic hydroxyl groups is 1. The van der Waals surface area contributed by atoms with Crippen LogP contribution in [0.4, 0.5) is 0 Å². The Bertz CT molecular complexity index is 468. The Balaban J connectivity index is 2.43. The second-order valence-electron chi connectivity index (χ2n) is 3.67. The Morgan fingerprint density at radius 1 is 1.19 bits per heavy atom. The predicted molar refractivity (Wildman–Crippen MR) is 69.9 cm³/mol. The first-order valence-electron chi connectivity index (χ1n) is 4.85. The van der Waals surface area contributed by atoms with Crippen molar-refractivity contribution in [1.29, 1.82) is 0 Å². The van der Waals surface area contributed by atoms with E-state index in [4.69, 9.17) is 0 Å². The van der Waals surface area contributed by atoms with Crippen LogP contribution in [-0.2, 0) is 5.60 Å². The molecule has 0 saturated heterocycles. The van der Waals surface area contributed by atoms with Crippen molar-refractivity contribution >= 4 is 22.6 Å². The van der Waals surface area contributed by atoms with Crippen LogP contribution in [0.15, 0.2) is 42.9 Å². The lowest BCUT2D eigenvalue weighted by atomic mass is 9.93. The zero-order chi connectivity index (χ0) is 11.6. The van der Waals surface area contributed by atoms with Gasteiger partial charge in [-0.15, -0.1) is 0 Å². The van der Waals surface area contributed by atoms with Gasteiger partial charge in [-0.3, -0.25) is 9.97 Å². The summed E-state index contributed by atoms with van der Waals surface area (Å²) in [6.07, 6.45) is 4.75. The number of halogens is 1. The molecule has 0 aliphatic heterocycles. The van der Waals surface area contributed by atoms with Crippen LogP contribution in [-0.4, -0.2) is 15.1 Å². The lowest BCUT2D eigenvalue weighted by Crippen LogP contribution is -2.24. The Labute approximate surface area is 108 Å². The molecule has 1 N–H and O–H groups in total. The molecule has 1 atom stereocenters. The highest BCUT2D eigenvalue weighted by molar-refractivity contribution is 14.1. The maximum absolute atomic E-state index is 10.4. The lowest BCUT2D eigenvalue weighted by Gasteiger charge is -2.22. The van der Waals surface area contributed by atoms with Gasteiger partial charge in [0, 0.05) is 16.0 Å². The molecule has 0 amide bonds. The number of rotatable bonds is 2. The summed E-state index contributed by atoms with van der Waals surface area (Å²) in [5.74, 6) is 0. The van der Waals surface area contributed by atoms with Crippen molar-refractivity contribution < 1.29 is 5.11 Å². The van der Waals surface area contributed by atoms with Gasteiger partial charge < -0.3 is 5.11 Å². The fraction of sp³-hybridized carbons (Fsp3) is 0.167. The normalized spacial score (nSPS) is 14.4. The number of nitrogens with zero attached hydrogens (tertiary/aromatic N) is 2. The third-order valence-electron chi connectivity index (χ3n) is 2.47. The van der Waals surface area contributed by atoms with Gasteiger partial charge in [-0.2, -0.15) is 0 Å². The van der Waals surface area contributed by atoms with Crippen molar-refractivity contribution in [2.75, 3.05) is 0 Å². The van der Waals surface area contributed by atoms with Crippen LogP contribution in [0.5, 0.6) is 0 Å². The average Bonchev–Trinajstić information content (AvgIpc) is 2.31. The maximum Gasteiger partial charge on any atom is 0.130 e. The van der Waals surface area contributed by atoms with Crippen molar-refractivity contribution in [3.05, 3.63) is 57.7 Å². The molecular formula is C12H11IN2O. The van der Waals surface area contributed by atoms with Gasteiger partial charge in [0.25, 0.3) is 0 Å². The molecule has 82 valence electrons. The van der Waals surface area contributed by atoms with Crippen molar-refractivity contribution in [3.8, 4) is 0 Å². The zero-order valence-corrected chi connectivity index (χ0v) is 10.9. The summed E-state index contributed by atoms with van der Waals surface area (Å²) in [4.78, 5) is 8.10. The molecule has 1 heterocycles. The SMILES string of the molecule is CC(O)(c1ccc(I)cc1)c1cnccn1. The summed E-state index contributed by atoms with van der Waals surface area (Å²) >= 11 is 2.23. The molecule has 3 nitrogen and oxygen atoms in total. The van der Waals surface area contributed by atoms with E-state index in [2.05, 4.69) is 32.6 Å². The van der Waals surface area contributed by atoms with E-state index in [9.17, 15) is 5.11 Å². The van der Waals surface area contributed by atoms with Gasteiger partial charge in [0.2, 0.25) is 0 Å². The first-order valence-corrected chi connectivity index (χ1v) is 5.93. The minimum atomic E-state index is -1.10. The molecule has 0 fully saturated rings. The molecule has 0 aliphatic rings. The first-order chi connectivity index (χ1) is 7.60.